The molecule has 1 nitrogen and oxygen atoms in total. The van der Waals surface area contributed by atoms with Gasteiger partial charge in [-0.3, -0.25) is 0 Å². The minimum atomic E-state index is -0.354. The number of aryl methyl sites for hydroxylation is 1. The van der Waals surface area contributed by atoms with E-state index in [1.54, 1.807) is 11.3 Å². The second-order valence-electron chi connectivity index (χ2n) is 3.71. The molecule has 1 atom stereocenters. The SMILES string of the molecule is OC(CCc1ccsc1)c1ccccc1I. The van der Waals surface area contributed by atoms with Gasteiger partial charge in [0, 0.05) is 3.57 Å². The van der Waals surface area contributed by atoms with Gasteiger partial charge < -0.3 is 5.11 Å². The average molecular weight is 344 g/mol. The highest BCUT2D eigenvalue weighted by Crippen LogP contribution is 2.24. The third-order valence-corrected chi connectivity index (χ3v) is 4.27. The van der Waals surface area contributed by atoms with Gasteiger partial charge in [0.1, 0.15) is 0 Å². The summed E-state index contributed by atoms with van der Waals surface area (Å²) >= 11 is 3.98. The predicted molar refractivity (Wildman–Crippen MR) is 76.8 cm³/mol. The van der Waals surface area contributed by atoms with E-state index in [9.17, 15) is 5.11 Å². The molecule has 0 amide bonds. The molecule has 0 aliphatic carbocycles. The van der Waals surface area contributed by atoms with Gasteiger partial charge in [0.2, 0.25) is 0 Å². The molecule has 0 aliphatic rings. The van der Waals surface area contributed by atoms with Crippen molar-refractivity contribution in [1.29, 1.82) is 0 Å². The lowest BCUT2D eigenvalue weighted by Gasteiger charge is -2.12. The first-order valence-corrected chi connectivity index (χ1v) is 7.23. The summed E-state index contributed by atoms with van der Waals surface area (Å²) in [6.45, 7) is 0. The van der Waals surface area contributed by atoms with Crippen LogP contribution >= 0.6 is 33.9 Å². The van der Waals surface area contributed by atoms with Crippen molar-refractivity contribution in [2.24, 2.45) is 0 Å². The van der Waals surface area contributed by atoms with Gasteiger partial charge in [0.25, 0.3) is 0 Å². The zero-order valence-corrected chi connectivity index (χ0v) is 11.7. The minimum Gasteiger partial charge on any atom is -0.388 e. The molecule has 0 spiro atoms. The summed E-state index contributed by atoms with van der Waals surface area (Å²) in [4.78, 5) is 0. The number of hydrogen-bond acceptors (Lipinski definition) is 2. The molecule has 1 aromatic carbocycles. The van der Waals surface area contributed by atoms with Crippen molar-refractivity contribution < 1.29 is 5.11 Å². The Labute approximate surface area is 113 Å². The fourth-order valence-electron chi connectivity index (χ4n) is 1.64. The minimum absolute atomic E-state index is 0.354. The van der Waals surface area contributed by atoms with Crippen molar-refractivity contribution in [2.45, 2.75) is 18.9 Å². The maximum atomic E-state index is 10.1. The maximum absolute atomic E-state index is 10.1. The van der Waals surface area contributed by atoms with E-state index in [1.807, 2.05) is 24.3 Å². The first-order valence-electron chi connectivity index (χ1n) is 5.21. The van der Waals surface area contributed by atoms with Crippen LogP contribution in [0.1, 0.15) is 23.7 Å². The first kappa shape index (κ1) is 12.1. The molecule has 0 bridgehead atoms. The molecule has 0 fully saturated rings. The molecule has 1 N–H and O–H groups in total. The first-order chi connectivity index (χ1) is 7.77. The van der Waals surface area contributed by atoms with Crippen LogP contribution in [0.2, 0.25) is 0 Å². The van der Waals surface area contributed by atoms with Crippen LogP contribution in [0.4, 0.5) is 0 Å². The van der Waals surface area contributed by atoms with Gasteiger partial charge in [-0.1, -0.05) is 18.2 Å². The van der Waals surface area contributed by atoms with Gasteiger partial charge in [-0.05, 0) is 69.5 Å². The number of rotatable bonds is 4. The van der Waals surface area contributed by atoms with Crippen LogP contribution in [0.25, 0.3) is 0 Å². The van der Waals surface area contributed by atoms with Crippen molar-refractivity contribution in [3.63, 3.8) is 0 Å². The standard InChI is InChI=1S/C13H13IOS/c14-12-4-2-1-3-11(12)13(15)6-5-10-7-8-16-9-10/h1-4,7-9,13,15H,5-6H2. The lowest BCUT2D eigenvalue weighted by molar-refractivity contribution is 0.167. The summed E-state index contributed by atoms with van der Waals surface area (Å²) in [5.41, 5.74) is 2.35. The number of aliphatic hydroxyl groups is 1. The molecule has 84 valence electrons. The zero-order chi connectivity index (χ0) is 11.4. The second kappa shape index (κ2) is 5.80. The van der Waals surface area contributed by atoms with Gasteiger partial charge in [-0.25, -0.2) is 0 Å². The molecule has 16 heavy (non-hydrogen) atoms. The van der Waals surface area contributed by atoms with E-state index < -0.39 is 0 Å². The van der Waals surface area contributed by atoms with Gasteiger partial charge in [-0.15, -0.1) is 0 Å². The summed E-state index contributed by atoms with van der Waals surface area (Å²) < 4.78 is 1.14. The molecule has 1 heterocycles. The predicted octanol–water partition coefficient (Wildman–Crippen LogP) is 4.02. The van der Waals surface area contributed by atoms with Gasteiger partial charge >= 0.3 is 0 Å². The molecule has 2 rings (SSSR count). The fourth-order valence-corrected chi connectivity index (χ4v) is 3.09. The van der Waals surface area contributed by atoms with Crippen molar-refractivity contribution in [3.05, 3.63) is 55.8 Å². The number of halogens is 1. The molecular weight excluding hydrogens is 331 g/mol. The fraction of sp³-hybridized carbons (Fsp3) is 0.231. The van der Waals surface area contributed by atoms with E-state index in [1.165, 1.54) is 5.56 Å². The normalized spacial score (nSPS) is 12.6. The Morgan fingerprint density at radius 2 is 2.06 bits per heavy atom. The van der Waals surface area contributed by atoms with Crippen LogP contribution in [0.3, 0.4) is 0 Å². The van der Waals surface area contributed by atoms with E-state index in [0.717, 1.165) is 22.0 Å². The molecule has 3 heteroatoms. The van der Waals surface area contributed by atoms with Gasteiger partial charge in [0.15, 0.2) is 0 Å². The van der Waals surface area contributed by atoms with Crippen LogP contribution in [0, 0.1) is 3.57 Å². The number of thiophene rings is 1. The molecule has 0 saturated heterocycles. The third kappa shape index (κ3) is 3.06. The number of benzene rings is 1. The van der Waals surface area contributed by atoms with E-state index in [4.69, 9.17) is 0 Å². The van der Waals surface area contributed by atoms with Gasteiger partial charge in [0.05, 0.1) is 6.10 Å². The maximum Gasteiger partial charge on any atom is 0.0803 e. The van der Waals surface area contributed by atoms with Crippen molar-refractivity contribution in [2.75, 3.05) is 0 Å². The molecule has 1 aromatic heterocycles. The Morgan fingerprint density at radius 3 is 2.75 bits per heavy atom. The van der Waals surface area contributed by atoms with Crippen molar-refractivity contribution >= 4 is 33.9 Å². The average Bonchev–Trinajstić information content (AvgIpc) is 2.79. The molecule has 0 radical (unpaired) electrons. The van der Waals surface area contributed by atoms with E-state index in [0.29, 0.717) is 0 Å². The van der Waals surface area contributed by atoms with Gasteiger partial charge in [-0.2, -0.15) is 11.3 Å². The Hall–Kier alpha value is -0.390. The molecule has 2 aromatic rings. The molecule has 1 unspecified atom stereocenters. The summed E-state index contributed by atoms with van der Waals surface area (Å²) in [6.07, 6.45) is 1.37. The third-order valence-electron chi connectivity index (χ3n) is 2.55. The topological polar surface area (TPSA) is 20.2 Å². The monoisotopic (exact) mass is 344 g/mol. The lowest BCUT2D eigenvalue weighted by Crippen LogP contribution is -2.01. The van der Waals surface area contributed by atoms with E-state index >= 15 is 0 Å². The highest BCUT2D eigenvalue weighted by Gasteiger charge is 2.10. The Bertz CT molecular complexity index is 439. The highest BCUT2D eigenvalue weighted by molar-refractivity contribution is 14.1. The Morgan fingerprint density at radius 1 is 1.25 bits per heavy atom. The number of hydrogen-bond donors (Lipinski definition) is 1. The smallest absolute Gasteiger partial charge is 0.0803 e. The largest absolute Gasteiger partial charge is 0.388 e. The summed E-state index contributed by atoms with van der Waals surface area (Å²) in [7, 11) is 0. The highest BCUT2D eigenvalue weighted by atomic mass is 127. The summed E-state index contributed by atoms with van der Waals surface area (Å²) in [5, 5.41) is 14.3. The summed E-state index contributed by atoms with van der Waals surface area (Å²) in [6, 6.07) is 10.1. The Kier molecular flexibility index (Phi) is 4.37. The Balaban J connectivity index is 1.98. The lowest BCUT2D eigenvalue weighted by atomic mass is 10.0. The number of aliphatic hydroxyl groups excluding tert-OH is 1. The van der Waals surface area contributed by atoms with E-state index in [2.05, 4.69) is 39.4 Å². The quantitative estimate of drug-likeness (QED) is 0.831. The molecule has 0 aliphatic heterocycles. The van der Waals surface area contributed by atoms with Crippen molar-refractivity contribution in [1.82, 2.24) is 0 Å². The molecule has 0 saturated carbocycles. The van der Waals surface area contributed by atoms with Crippen LogP contribution in [-0.4, -0.2) is 5.11 Å². The second-order valence-corrected chi connectivity index (χ2v) is 5.65. The van der Waals surface area contributed by atoms with Crippen LogP contribution in [0.5, 0.6) is 0 Å². The van der Waals surface area contributed by atoms with Crippen LogP contribution in [0.15, 0.2) is 41.1 Å². The zero-order valence-electron chi connectivity index (χ0n) is 8.77. The van der Waals surface area contributed by atoms with Crippen molar-refractivity contribution in [3.8, 4) is 0 Å². The summed E-state index contributed by atoms with van der Waals surface area (Å²) in [5.74, 6) is 0. The molecular formula is C13H13IOS. The van der Waals surface area contributed by atoms with E-state index in [-0.39, 0.29) is 6.10 Å². The van der Waals surface area contributed by atoms with Crippen LogP contribution < -0.4 is 0 Å². The van der Waals surface area contributed by atoms with Crippen LogP contribution in [-0.2, 0) is 6.42 Å².